The zero-order valence-corrected chi connectivity index (χ0v) is 14.3. The molecule has 21 heavy (non-hydrogen) atoms. The van der Waals surface area contributed by atoms with E-state index in [-0.39, 0.29) is 11.5 Å². The number of hydrogen-bond donors (Lipinski definition) is 0. The minimum atomic E-state index is -1.42. The van der Waals surface area contributed by atoms with Gasteiger partial charge in [-0.25, -0.2) is 0 Å². The quantitative estimate of drug-likeness (QED) is 0.725. The van der Waals surface area contributed by atoms with E-state index in [1.165, 1.54) is 0 Å². The molecule has 0 radical (unpaired) electrons. The lowest BCUT2D eigenvalue weighted by atomic mass is 10.1. The first-order valence-electron chi connectivity index (χ1n) is 6.02. The van der Waals surface area contributed by atoms with Gasteiger partial charge in [0.05, 0.1) is 28.1 Å². The van der Waals surface area contributed by atoms with Gasteiger partial charge in [0.2, 0.25) is 0 Å². The van der Waals surface area contributed by atoms with E-state index in [1.807, 2.05) is 0 Å². The maximum Gasteiger partial charge on any atom is 0.175 e. The molecule has 110 valence electrons. The SMILES string of the molecule is COc1ccc(C(=O)CS(=O)c2cccc(Cl)c2)cc1Br. The second kappa shape index (κ2) is 7.20. The van der Waals surface area contributed by atoms with Crippen LogP contribution in [0.1, 0.15) is 10.4 Å². The van der Waals surface area contributed by atoms with Crippen molar-refractivity contribution in [3.05, 3.63) is 57.5 Å². The molecule has 0 aromatic heterocycles. The van der Waals surface area contributed by atoms with Crippen LogP contribution in [0.4, 0.5) is 0 Å². The predicted molar refractivity (Wildman–Crippen MR) is 87.8 cm³/mol. The number of Topliss-reactive ketones (excluding diaryl/α,β-unsaturated/α-hetero) is 1. The Morgan fingerprint density at radius 3 is 2.67 bits per heavy atom. The number of rotatable bonds is 5. The highest BCUT2D eigenvalue weighted by molar-refractivity contribution is 9.10. The zero-order valence-electron chi connectivity index (χ0n) is 11.1. The van der Waals surface area contributed by atoms with Crippen molar-refractivity contribution in [2.45, 2.75) is 4.90 Å². The van der Waals surface area contributed by atoms with E-state index in [4.69, 9.17) is 16.3 Å². The summed E-state index contributed by atoms with van der Waals surface area (Å²) in [6.45, 7) is 0. The van der Waals surface area contributed by atoms with Gasteiger partial charge in [0.15, 0.2) is 5.78 Å². The van der Waals surface area contributed by atoms with Gasteiger partial charge in [-0.05, 0) is 52.3 Å². The zero-order chi connectivity index (χ0) is 15.4. The van der Waals surface area contributed by atoms with Crippen molar-refractivity contribution in [2.24, 2.45) is 0 Å². The van der Waals surface area contributed by atoms with Crippen molar-refractivity contribution in [1.29, 1.82) is 0 Å². The molecule has 0 saturated heterocycles. The standard InChI is InChI=1S/C15H12BrClO3S/c1-20-15-6-5-10(7-13(15)16)14(18)9-21(19)12-4-2-3-11(17)8-12/h2-8H,9H2,1H3. The number of ketones is 1. The van der Waals surface area contributed by atoms with Crippen LogP contribution in [0.5, 0.6) is 5.75 Å². The summed E-state index contributed by atoms with van der Waals surface area (Å²) in [5.74, 6) is 0.359. The van der Waals surface area contributed by atoms with Crippen molar-refractivity contribution in [3.8, 4) is 5.75 Å². The highest BCUT2D eigenvalue weighted by Gasteiger charge is 2.14. The fourth-order valence-electron chi connectivity index (χ4n) is 1.73. The monoisotopic (exact) mass is 386 g/mol. The maximum atomic E-state index is 12.2. The highest BCUT2D eigenvalue weighted by Crippen LogP contribution is 2.26. The fraction of sp³-hybridized carbons (Fsp3) is 0.133. The molecule has 0 aliphatic heterocycles. The van der Waals surface area contributed by atoms with Crippen molar-refractivity contribution < 1.29 is 13.7 Å². The Labute approximate surface area is 138 Å². The van der Waals surface area contributed by atoms with Crippen LogP contribution >= 0.6 is 27.5 Å². The molecule has 0 bridgehead atoms. The first-order valence-corrected chi connectivity index (χ1v) is 8.51. The second-order valence-corrected chi connectivity index (χ2v) is 6.96. The van der Waals surface area contributed by atoms with E-state index in [0.29, 0.717) is 25.7 Å². The largest absolute Gasteiger partial charge is 0.496 e. The molecule has 6 heteroatoms. The van der Waals surface area contributed by atoms with E-state index in [1.54, 1.807) is 49.6 Å². The summed E-state index contributed by atoms with van der Waals surface area (Å²) in [5.41, 5.74) is 0.484. The first kappa shape index (κ1) is 16.2. The van der Waals surface area contributed by atoms with E-state index >= 15 is 0 Å². The normalized spacial score (nSPS) is 12.0. The van der Waals surface area contributed by atoms with E-state index in [9.17, 15) is 9.00 Å². The molecule has 0 N–H and O–H groups in total. The van der Waals surface area contributed by atoms with Crippen molar-refractivity contribution in [1.82, 2.24) is 0 Å². The molecule has 2 rings (SSSR count). The van der Waals surface area contributed by atoms with E-state index in [2.05, 4.69) is 15.9 Å². The molecule has 2 aromatic carbocycles. The maximum absolute atomic E-state index is 12.2. The van der Waals surface area contributed by atoms with Gasteiger partial charge in [-0.1, -0.05) is 17.7 Å². The Kier molecular flexibility index (Phi) is 5.56. The lowest BCUT2D eigenvalue weighted by Gasteiger charge is -2.06. The fourth-order valence-corrected chi connectivity index (χ4v) is 3.59. The Morgan fingerprint density at radius 1 is 1.29 bits per heavy atom. The van der Waals surface area contributed by atoms with Crippen LogP contribution in [0.15, 0.2) is 51.8 Å². The lowest BCUT2D eigenvalue weighted by molar-refractivity contribution is 0.102. The van der Waals surface area contributed by atoms with E-state index in [0.717, 1.165) is 0 Å². The number of ether oxygens (including phenoxy) is 1. The molecule has 2 aromatic rings. The lowest BCUT2D eigenvalue weighted by Crippen LogP contribution is -2.11. The predicted octanol–water partition coefficient (Wildman–Crippen LogP) is 4.10. The Bertz CT molecular complexity index is 703. The third kappa shape index (κ3) is 4.15. The van der Waals surface area contributed by atoms with Crippen LogP contribution in [0.25, 0.3) is 0 Å². The Hall–Kier alpha value is -1.17. The topological polar surface area (TPSA) is 43.4 Å². The number of carbonyl (C=O) groups is 1. The number of carbonyl (C=O) groups excluding carboxylic acids is 1. The van der Waals surface area contributed by atoms with Gasteiger partial charge in [0.1, 0.15) is 5.75 Å². The third-order valence-electron chi connectivity index (χ3n) is 2.79. The molecular weight excluding hydrogens is 376 g/mol. The summed E-state index contributed by atoms with van der Waals surface area (Å²) in [5, 5.41) is 0.500. The molecule has 0 aliphatic carbocycles. The van der Waals surface area contributed by atoms with Crippen molar-refractivity contribution in [3.63, 3.8) is 0 Å². The molecule has 0 spiro atoms. The summed E-state index contributed by atoms with van der Waals surface area (Å²) in [4.78, 5) is 12.7. The number of hydrogen-bond acceptors (Lipinski definition) is 3. The van der Waals surface area contributed by atoms with Gasteiger partial charge in [0, 0.05) is 15.5 Å². The third-order valence-corrected chi connectivity index (χ3v) is 4.95. The summed E-state index contributed by atoms with van der Waals surface area (Å²) in [6, 6.07) is 11.7. The number of benzene rings is 2. The van der Waals surface area contributed by atoms with Gasteiger partial charge < -0.3 is 4.74 Å². The molecule has 0 fully saturated rings. The summed E-state index contributed by atoms with van der Waals surface area (Å²) >= 11 is 9.18. The summed E-state index contributed by atoms with van der Waals surface area (Å²) in [7, 11) is 0.133. The average molecular weight is 388 g/mol. The van der Waals surface area contributed by atoms with Gasteiger partial charge >= 0.3 is 0 Å². The van der Waals surface area contributed by atoms with Crippen LogP contribution in [0.3, 0.4) is 0 Å². The average Bonchev–Trinajstić information content (AvgIpc) is 2.47. The van der Waals surface area contributed by atoms with Crippen molar-refractivity contribution in [2.75, 3.05) is 12.9 Å². The van der Waals surface area contributed by atoms with Crippen LogP contribution in [0.2, 0.25) is 5.02 Å². The molecule has 0 aliphatic rings. The summed E-state index contributed by atoms with van der Waals surface area (Å²) in [6.07, 6.45) is 0. The van der Waals surface area contributed by atoms with Gasteiger partial charge in [-0.3, -0.25) is 9.00 Å². The van der Waals surface area contributed by atoms with Gasteiger partial charge in [-0.2, -0.15) is 0 Å². The molecule has 0 heterocycles. The number of methoxy groups -OCH3 is 1. The van der Waals surface area contributed by atoms with Crippen LogP contribution in [-0.4, -0.2) is 22.9 Å². The Morgan fingerprint density at radius 2 is 2.05 bits per heavy atom. The van der Waals surface area contributed by atoms with Gasteiger partial charge in [-0.15, -0.1) is 0 Å². The van der Waals surface area contributed by atoms with E-state index < -0.39 is 10.8 Å². The number of halogens is 2. The minimum Gasteiger partial charge on any atom is -0.496 e. The molecule has 1 atom stereocenters. The molecule has 0 saturated carbocycles. The van der Waals surface area contributed by atoms with Crippen LogP contribution < -0.4 is 4.74 Å². The van der Waals surface area contributed by atoms with Gasteiger partial charge in [0.25, 0.3) is 0 Å². The molecule has 1 unspecified atom stereocenters. The molecule has 0 amide bonds. The second-order valence-electron chi connectivity index (χ2n) is 4.22. The molecular formula is C15H12BrClO3S. The van der Waals surface area contributed by atoms with Crippen LogP contribution in [-0.2, 0) is 10.8 Å². The Balaban J connectivity index is 2.14. The minimum absolute atomic E-state index is 0.0842. The smallest absolute Gasteiger partial charge is 0.175 e. The molecule has 3 nitrogen and oxygen atoms in total. The summed E-state index contributed by atoms with van der Waals surface area (Å²) < 4.78 is 18.0. The highest BCUT2D eigenvalue weighted by atomic mass is 79.9. The van der Waals surface area contributed by atoms with Crippen molar-refractivity contribution >= 4 is 44.1 Å². The first-order chi connectivity index (χ1) is 10.0. The van der Waals surface area contributed by atoms with Crippen LogP contribution in [0, 0.1) is 0 Å².